The van der Waals surface area contributed by atoms with Gasteiger partial charge in [-0.2, -0.15) is 0 Å². The Balaban J connectivity index is 1.82. The number of carbonyl (C=O) groups is 2. The van der Waals surface area contributed by atoms with E-state index in [2.05, 4.69) is 5.32 Å². The minimum Gasteiger partial charge on any atom is -0.481 e. The van der Waals surface area contributed by atoms with Crippen molar-refractivity contribution in [3.05, 3.63) is 42.0 Å². The van der Waals surface area contributed by atoms with Gasteiger partial charge in [0.25, 0.3) is 0 Å². The van der Waals surface area contributed by atoms with Crippen LogP contribution in [0.4, 0.5) is 5.69 Å². The molecule has 0 aromatic heterocycles. The van der Waals surface area contributed by atoms with Crippen LogP contribution in [-0.4, -0.2) is 29.2 Å². The van der Waals surface area contributed by atoms with Crippen molar-refractivity contribution in [1.82, 2.24) is 0 Å². The van der Waals surface area contributed by atoms with E-state index >= 15 is 0 Å². The Morgan fingerprint density at radius 1 is 1.19 bits per heavy atom. The van der Waals surface area contributed by atoms with Crippen LogP contribution in [0.1, 0.15) is 12.5 Å². The molecule has 5 nitrogen and oxygen atoms in total. The fourth-order valence-electron chi connectivity index (χ4n) is 3.08. The number of hydrogen-bond donors (Lipinski definition) is 2. The zero-order valence-electron chi connectivity index (χ0n) is 11.7. The number of fused-ring (bicyclic) bond motifs is 2. The van der Waals surface area contributed by atoms with Crippen LogP contribution in [0.25, 0.3) is 0 Å². The minimum atomic E-state index is -0.990. The van der Waals surface area contributed by atoms with Crippen molar-refractivity contribution in [2.45, 2.75) is 25.6 Å². The van der Waals surface area contributed by atoms with E-state index in [0.29, 0.717) is 0 Å². The molecule has 1 fully saturated rings. The topological polar surface area (TPSA) is 75.6 Å². The molecule has 110 valence electrons. The van der Waals surface area contributed by atoms with Gasteiger partial charge in [0.05, 0.1) is 18.1 Å². The number of para-hydroxylation sites is 1. The zero-order valence-corrected chi connectivity index (χ0v) is 11.7. The molecular formula is C16H17NO4. The molecule has 1 saturated heterocycles. The van der Waals surface area contributed by atoms with Gasteiger partial charge in [-0.25, -0.2) is 0 Å². The summed E-state index contributed by atoms with van der Waals surface area (Å²) in [4.78, 5) is 23.9. The molecule has 0 spiro atoms. The number of ether oxygens (including phenoxy) is 1. The Kier molecular flexibility index (Phi) is 3.51. The summed E-state index contributed by atoms with van der Waals surface area (Å²) in [6, 6.07) is 7.54. The molecule has 0 unspecified atom stereocenters. The predicted molar refractivity (Wildman–Crippen MR) is 76.9 cm³/mol. The number of carboxylic acids is 1. The maximum absolute atomic E-state index is 12.5. The van der Waals surface area contributed by atoms with Crippen molar-refractivity contribution in [3.63, 3.8) is 0 Å². The summed E-state index contributed by atoms with van der Waals surface area (Å²) in [5.41, 5.74) is 1.76. The molecule has 1 aromatic carbocycles. The average Bonchev–Trinajstić information content (AvgIpc) is 3.08. The quantitative estimate of drug-likeness (QED) is 0.829. The lowest BCUT2D eigenvalue weighted by Crippen LogP contribution is -2.39. The fourth-order valence-corrected chi connectivity index (χ4v) is 3.08. The van der Waals surface area contributed by atoms with E-state index in [1.165, 1.54) is 0 Å². The van der Waals surface area contributed by atoms with Crippen molar-refractivity contribution < 1.29 is 19.4 Å². The van der Waals surface area contributed by atoms with Crippen LogP contribution in [0.2, 0.25) is 0 Å². The number of amides is 1. The van der Waals surface area contributed by atoms with Crippen LogP contribution in [0.15, 0.2) is 36.4 Å². The number of aliphatic carboxylic acids is 1. The first-order valence-electron chi connectivity index (χ1n) is 7.07. The van der Waals surface area contributed by atoms with Crippen LogP contribution in [0.5, 0.6) is 0 Å². The van der Waals surface area contributed by atoms with Gasteiger partial charge >= 0.3 is 5.97 Å². The Hall–Kier alpha value is -2.14. The second kappa shape index (κ2) is 5.33. The normalized spacial score (nSPS) is 29.6. The molecule has 1 amide bonds. The molecular weight excluding hydrogens is 270 g/mol. The van der Waals surface area contributed by atoms with Gasteiger partial charge in [0.15, 0.2) is 0 Å². The number of rotatable bonds is 4. The third kappa shape index (κ3) is 2.34. The molecule has 3 rings (SSSR count). The molecule has 0 radical (unpaired) electrons. The van der Waals surface area contributed by atoms with Gasteiger partial charge in [-0.1, -0.05) is 37.3 Å². The van der Waals surface area contributed by atoms with Gasteiger partial charge in [0.2, 0.25) is 5.91 Å². The molecule has 4 atom stereocenters. The SMILES string of the molecule is CCc1ccccc1NC(=O)[C@@H]1[C@@H](C(=O)O)[C@@H]2C=C[C@H]1O2. The zero-order chi connectivity index (χ0) is 15.0. The number of carbonyl (C=O) groups excluding carboxylic acids is 1. The largest absolute Gasteiger partial charge is 0.481 e. The number of anilines is 1. The van der Waals surface area contributed by atoms with E-state index in [4.69, 9.17) is 4.74 Å². The summed E-state index contributed by atoms with van der Waals surface area (Å²) in [5.74, 6) is -2.77. The lowest BCUT2D eigenvalue weighted by Gasteiger charge is -2.21. The third-order valence-electron chi connectivity index (χ3n) is 4.14. The van der Waals surface area contributed by atoms with E-state index in [1.54, 1.807) is 12.2 Å². The minimum absolute atomic E-state index is 0.292. The van der Waals surface area contributed by atoms with E-state index in [0.717, 1.165) is 17.7 Å². The number of benzene rings is 1. The highest BCUT2D eigenvalue weighted by molar-refractivity contribution is 5.97. The Morgan fingerprint density at radius 3 is 2.52 bits per heavy atom. The Labute approximate surface area is 122 Å². The summed E-state index contributed by atoms with van der Waals surface area (Å²) < 4.78 is 5.52. The maximum atomic E-state index is 12.5. The van der Waals surface area contributed by atoms with Crippen molar-refractivity contribution in [2.75, 3.05) is 5.32 Å². The van der Waals surface area contributed by atoms with Gasteiger partial charge in [0.1, 0.15) is 5.92 Å². The molecule has 2 N–H and O–H groups in total. The highest BCUT2D eigenvalue weighted by Crippen LogP contribution is 2.40. The van der Waals surface area contributed by atoms with E-state index in [9.17, 15) is 14.7 Å². The molecule has 0 aliphatic carbocycles. The summed E-state index contributed by atoms with van der Waals surface area (Å²) >= 11 is 0. The highest BCUT2D eigenvalue weighted by atomic mass is 16.5. The van der Waals surface area contributed by atoms with Crippen LogP contribution < -0.4 is 5.32 Å². The summed E-state index contributed by atoms with van der Waals surface area (Å²) in [7, 11) is 0. The molecule has 5 heteroatoms. The van der Waals surface area contributed by atoms with Gasteiger partial charge in [-0.05, 0) is 18.1 Å². The molecule has 0 saturated carbocycles. The summed E-state index contributed by atoms with van der Waals surface area (Å²) in [6.45, 7) is 2.01. The first kappa shape index (κ1) is 13.8. The summed E-state index contributed by atoms with van der Waals surface area (Å²) in [5, 5.41) is 12.2. The smallest absolute Gasteiger partial charge is 0.310 e. The van der Waals surface area contributed by atoms with Crippen LogP contribution in [0.3, 0.4) is 0 Å². The standard InChI is InChI=1S/C16H17NO4/c1-2-9-5-3-4-6-10(9)17-15(18)13-11-7-8-12(21-11)14(13)16(19)20/h3-8,11-14H,2H2,1H3,(H,17,18)(H,19,20)/t11-,12+,13+,14+/m1/s1. The predicted octanol–water partition coefficient (Wildman–Crippen LogP) is 1.84. The number of hydrogen-bond acceptors (Lipinski definition) is 3. The lowest BCUT2D eigenvalue weighted by molar-refractivity contribution is -0.145. The van der Waals surface area contributed by atoms with Crippen molar-refractivity contribution >= 4 is 17.6 Å². The Bertz CT molecular complexity index is 610. The summed E-state index contributed by atoms with van der Waals surface area (Å²) in [6.07, 6.45) is 3.37. The first-order chi connectivity index (χ1) is 10.1. The second-order valence-corrected chi connectivity index (χ2v) is 5.34. The van der Waals surface area contributed by atoms with E-state index < -0.39 is 30.0 Å². The van der Waals surface area contributed by atoms with Crippen LogP contribution >= 0.6 is 0 Å². The molecule has 2 aliphatic heterocycles. The van der Waals surface area contributed by atoms with E-state index in [-0.39, 0.29) is 5.91 Å². The van der Waals surface area contributed by atoms with Crippen LogP contribution in [0, 0.1) is 11.8 Å². The molecule has 2 aliphatic rings. The number of aryl methyl sites for hydroxylation is 1. The van der Waals surface area contributed by atoms with Crippen molar-refractivity contribution in [2.24, 2.45) is 11.8 Å². The van der Waals surface area contributed by atoms with Crippen molar-refractivity contribution in [1.29, 1.82) is 0 Å². The Morgan fingerprint density at radius 2 is 1.86 bits per heavy atom. The maximum Gasteiger partial charge on any atom is 0.310 e. The van der Waals surface area contributed by atoms with Gasteiger partial charge in [-0.3, -0.25) is 9.59 Å². The number of carboxylic acid groups (broad SMARTS) is 1. The van der Waals surface area contributed by atoms with Crippen LogP contribution in [-0.2, 0) is 20.7 Å². The van der Waals surface area contributed by atoms with Crippen molar-refractivity contribution in [3.8, 4) is 0 Å². The lowest BCUT2D eigenvalue weighted by atomic mass is 9.82. The van der Waals surface area contributed by atoms with Gasteiger partial charge in [-0.15, -0.1) is 0 Å². The average molecular weight is 287 g/mol. The van der Waals surface area contributed by atoms with Gasteiger partial charge in [0, 0.05) is 5.69 Å². The molecule has 2 bridgehead atoms. The molecule has 2 heterocycles. The van der Waals surface area contributed by atoms with Gasteiger partial charge < -0.3 is 15.2 Å². The highest BCUT2D eigenvalue weighted by Gasteiger charge is 2.53. The number of nitrogens with one attached hydrogen (secondary N) is 1. The second-order valence-electron chi connectivity index (χ2n) is 5.34. The monoisotopic (exact) mass is 287 g/mol. The third-order valence-corrected chi connectivity index (χ3v) is 4.14. The molecule has 1 aromatic rings. The first-order valence-corrected chi connectivity index (χ1v) is 7.07. The molecule has 21 heavy (non-hydrogen) atoms. The fraction of sp³-hybridized carbons (Fsp3) is 0.375. The van der Waals surface area contributed by atoms with E-state index in [1.807, 2.05) is 31.2 Å².